The number of ether oxygens (including phenoxy) is 2. The lowest BCUT2D eigenvalue weighted by Crippen LogP contribution is -1.95. The predicted octanol–water partition coefficient (Wildman–Crippen LogP) is 3.38. The highest BCUT2D eigenvalue weighted by atomic mass is 35.5. The molecule has 0 aliphatic heterocycles. The number of hydrogen-bond donors (Lipinski definition) is 0. The third kappa shape index (κ3) is 2.29. The number of aryl methyl sites for hydroxylation is 1. The molecule has 2 heterocycles. The Kier molecular flexibility index (Phi) is 3.43. The molecule has 0 aliphatic rings. The zero-order valence-corrected chi connectivity index (χ0v) is 12.7. The first kappa shape index (κ1) is 13.7. The molecule has 0 saturated carbocycles. The average Bonchev–Trinajstić information content (AvgIpc) is 2.90. The van der Waals surface area contributed by atoms with Gasteiger partial charge in [0.25, 0.3) is 0 Å². The molecule has 6 heteroatoms. The van der Waals surface area contributed by atoms with E-state index in [4.69, 9.17) is 21.1 Å². The van der Waals surface area contributed by atoms with E-state index >= 15 is 0 Å². The van der Waals surface area contributed by atoms with Crippen molar-refractivity contribution in [1.29, 1.82) is 0 Å². The van der Waals surface area contributed by atoms with Crippen molar-refractivity contribution in [1.82, 2.24) is 14.6 Å². The van der Waals surface area contributed by atoms with E-state index in [9.17, 15) is 0 Å². The quantitative estimate of drug-likeness (QED) is 0.696. The van der Waals surface area contributed by atoms with Crippen LogP contribution in [0.5, 0.6) is 11.5 Å². The summed E-state index contributed by atoms with van der Waals surface area (Å²) in [5.74, 6) is 1.29. The van der Waals surface area contributed by atoms with E-state index in [-0.39, 0.29) is 0 Å². The molecule has 0 spiro atoms. The Morgan fingerprint density at radius 3 is 2.67 bits per heavy atom. The first-order valence-electron chi connectivity index (χ1n) is 6.38. The summed E-state index contributed by atoms with van der Waals surface area (Å²) in [6, 6.07) is 9.29. The van der Waals surface area contributed by atoms with Gasteiger partial charge in [0.05, 0.1) is 19.9 Å². The number of rotatable bonds is 3. The fourth-order valence-electron chi connectivity index (χ4n) is 2.28. The Bertz CT molecular complexity index is 814. The fourth-order valence-corrected chi connectivity index (χ4v) is 2.56. The maximum atomic E-state index is 6.20. The van der Waals surface area contributed by atoms with Crippen molar-refractivity contribution in [3.05, 3.63) is 41.2 Å². The molecule has 2 aromatic heterocycles. The van der Waals surface area contributed by atoms with Crippen molar-refractivity contribution < 1.29 is 9.47 Å². The third-order valence-corrected chi connectivity index (χ3v) is 3.46. The van der Waals surface area contributed by atoms with Gasteiger partial charge in [0.1, 0.15) is 5.15 Å². The lowest BCUT2D eigenvalue weighted by atomic mass is 10.1. The number of nitrogens with zero attached hydrogens (tertiary/aromatic N) is 3. The topological polar surface area (TPSA) is 48.7 Å². The van der Waals surface area contributed by atoms with Crippen LogP contribution in [-0.2, 0) is 0 Å². The molecule has 108 valence electrons. The van der Waals surface area contributed by atoms with Gasteiger partial charge in [-0.15, -0.1) is 0 Å². The maximum absolute atomic E-state index is 6.20. The number of halogens is 1. The van der Waals surface area contributed by atoms with Crippen LogP contribution in [-0.4, -0.2) is 28.8 Å². The zero-order valence-electron chi connectivity index (χ0n) is 11.9. The number of benzene rings is 1. The van der Waals surface area contributed by atoms with Gasteiger partial charge in [-0.3, -0.25) is 0 Å². The summed E-state index contributed by atoms with van der Waals surface area (Å²) >= 11 is 6.20. The summed E-state index contributed by atoms with van der Waals surface area (Å²) in [5.41, 5.74) is 3.10. The molecular formula is C15H14ClN3O2. The lowest BCUT2D eigenvalue weighted by Gasteiger charge is -2.10. The van der Waals surface area contributed by atoms with E-state index < -0.39 is 0 Å². The van der Waals surface area contributed by atoms with Gasteiger partial charge in [0.15, 0.2) is 17.1 Å². The summed E-state index contributed by atoms with van der Waals surface area (Å²) in [5, 5.41) is 5.01. The second-order valence-corrected chi connectivity index (χ2v) is 4.95. The monoisotopic (exact) mass is 303 g/mol. The van der Waals surface area contributed by atoms with Crippen molar-refractivity contribution in [3.8, 4) is 22.8 Å². The Labute approximate surface area is 127 Å². The second-order valence-electron chi connectivity index (χ2n) is 4.56. The largest absolute Gasteiger partial charge is 0.493 e. The van der Waals surface area contributed by atoms with Gasteiger partial charge in [-0.1, -0.05) is 17.7 Å². The molecule has 0 saturated heterocycles. The minimum Gasteiger partial charge on any atom is -0.493 e. The standard InChI is InChI=1S/C15H14ClN3O2/c1-9-7-13(16)19-14(17-9)8-11(18-19)10-5-4-6-12(20-2)15(10)21-3/h4-8H,1-3H3. The van der Waals surface area contributed by atoms with Gasteiger partial charge >= 0.3 is 0 Å². The van der Waals surface area contributed by atoms with Gasteiger partial charge in [-0.2, -0.15) is 5.10 Å². The van der Waals surface area contributed by atoms with Crippen LogP contribution >= 0.6 is 11.6 Å². The Morgan fingerprint density at radius 2 is 1.95 bits per heavy atom. The van der Waals surface area contributed by atoms with Crippen LogP contribution in [0, 0.1) is 6.92 Å². The molecule has 1 aromatic carbocycles. The van der Waals surface area contributed by atoms with Crippen molar-refractivity contribution in [2.45, 2.75) is 6.92 Å². The second kappa shape index (κ2) is 5.26. The van der Waals surface area contributed by atoms with Gasteiger partial charge in [0.2, 0.25) is 0 Å². The van der Waals surface area contributed by atoms with Gasteiger partial charge in [-0.25, -0.2) is 9.50 Å². The van der Waals surface area contributed by atoms with Crippen LogP contribution in [0.25, 0.3) is 16.9 Å². The van der Waals surface area contributed by atoms with Crippen LogP contribution in [0.4, 0.5) is 0 Å². The molecule has 0 amide bonds. The highest BCUT2D eigenvalue weighted by Crippen LogP contribution is 2.37. The molecular weight excluding hydrogens is 290 g/mol. The van der Waals surface area contributed by atoms with E-state index in [0.29, 0.717) is 22.3 Å². The summed E-state index contributed by atoms with van der Waals surface area (Å²) in [6.45, 7) is 1.89. The number of aromatic nitrogens is 3. The van der Waals surface area contributed by atoms with E-state index in [2.05, 4.69) is 10.1 Å². The fraction of sp³-hybridized carbons (Fsp3) is 0.200. The number of methoxy groups -OCH3 is 2. The molecule has 0 atom stereocenters. The Balaban J connectivity index is 2.23. The minimum atomic E-state index is 0.519. The molecule has 5 nitrogen and oxygen atoms in total. The van der Waals surface area contributed by atoms with Crippen molar-refractivity contribution in [3.63, 3.8) is 0 Å². The molecule has 0 radical (unpaired) electrons. The summed E-state index contributed by atoms with van der Waals surface area (Å²) in [4.78, 5) is 4.42. The average molecular weight is 304 g/mol. The lowest BCUT2D eigenvalue weighted by molar-refractivity contribution is 0.356. The van der Waals surface area contributed by atoms with Crippen LogP contribution in [0.1, 0.15) is 5.69 Å². The van der Waals surface area contributed by atoms with Gasteiger partial charge in [0, 0.05) is 17.3 Å². The number of hydrogen-bond acceptors (Lipinski definition) is 4. The first-order chi connectivity index (χ1) is 10.1. The van der Waals surface area contributed by atoms with Crippen molar-refractivity contribution in [2.75, 3.05) is 14.2 Å². The molecule has 21 heavy (non-hydrogen) atoms. The Hall–Kier alpha value is -2.27. The van der Waals surface area contributed by atoms with E-state index in [1.807, 2.05) is 31.2 Å². The summed E-state index contributed by atoms with van der Waals surface area (Å²) in [6.07, 6.45) is 0. The maximum Gasteiger partial charge on any atom is 0.170 e. The normalized spacial score (nSPS) is 10.9. The van der Waals surface area contributed by atoms with Crippen LogP contribution in [0.2, 0.25) is 5.15 Å². The molecule has 3 rings (SSSR count). The molecule has 0 bridgehead atoms. The molecule has 0 fully saturated rings. The van der Waals surface area contributed by atoms with E-state index in [1.54, 1.807) is 24.8 Å². The smallest absolute Gasteiger partial charge is 0.170 e. The van der Waals surface area contributed by atoms with Gasteiger partial charge in [-0.05, 0) is 25.1 Å². The van der Waals surface area contributed by atoms with Crippen molar-refractivity contribution >= 4 is 17.2 Å². The SMILES string of the molecule is COc1cccc(-c2cc3nc(C)cc(Cl)n3n2)c1OC. The van der Waals surface area contributed by atoms with Gasteiger partial charge < -0.3 is 9.47 Å². The number of fused-ring (bicyclic) bond motifs is 1. The highest BCUT2D eigenvalue weighted by molar-refractivity contribution is 6.29. The van der Waals surface area contributed by atoms with E-state index in [1.165, 1.54) is 0 Å². The zero-order chi connectivity index (χ0) is 15.0. The third-order valence-electron chi connectivity index (χ3n) is 3.19. The highest BCUT2D eigenvalue weighted by Gasteiger charge is 2.15. The molecule has 0 N–H and O–H groups in total. The van der Waals surface area contributed by atoms with E-state index in [0.717, 1.165) is 17.0 Å². The predicted molar refractivity (Wildman–Crippen MR) is 81.3 cm³/mol. The van der Waals surface area contributed by atoms with Crippen molar-refractivity contribution in [2.24, 2.45) is 0 Å². The summed E-state index contributed by atoms with van der Waals surface area (Å²) < 4.78 is 12.4. The minimum absolute atomic E-state index is 0.519. The Morgan fingerprint density at radius 1 is 1.14 bits per heavy atom. The number of para-hydroxylation sites is 1. The molecule has 3 aromatic rings. The van der Waals surface area contributed by atoms with Crippen LogP contribution < -0.4 is 9.47 Å². The van der Waals surface area contributed by atoms with Crippen LogP contribution in [0.3, 0.4) is 0 Å². The summed E-state index contributed by atoms with van der Waals surface area (Å²) in [7, 11) is 3.21. The first-order valence-corrected chi connectivity index (χ1v) is 6.76. The molecule has 0 aliphatic carbocycles. The van der Waals surface area contributed by atoms with Crippen LogP contribution in [0.15, 0.2) is 30.3 Å². The molecule has 0 unspecified atom stereocenters.